The Labute approximate surface area is 81.2 Å². The van der Waals surface area contributed by atoms with Gasteiger partial charge in [0.05, 0.1) is 11.4 Å². The Bertz CT molecular complexity index is 533. The Kier molecular flexibility index (Phi) is 1.22. The Morgan fingerprint density at radius 1 is 0.929 bits per heavy atom. The highest BCUT2D eigenvalue weighted by atomic mass is 14.6. The fraction of sp³-hybridized carbons (Fsp3) is 0. The van der Waals surface area contributed by atoms with Gasteiger partial charge in [-0.05, 0) is 23.6 Å². The van der Waals surface area contributed by atoms with Crippen molar-refractivity contribution in [1.82, 2.24) is 0 Å². The zero-order valence-electron chi connectivity index (χ0n) is 7.39. The quantitative estimate of drug-likeness (QED) is 0.624. The summed E-state index contributed by atoms with van der Waals surface area (Å²) in [6.07, 6.45) is 0. The maximum absolute atomic E-state index is 7.79. The van der Waals surface area contributed by atoms with Crippen LogP contribution in [0.15, 0.2) is 30.3 Å². The molecule has 0 heterocycles. The van der Waals surface area contributed by atoms with E-state index in [1.807, 2.05) is 24.3 Å². The van der Waals surface area contributed by atoms with E-state index in [1.54, 1.807) is 6.07 Å². The molecular formula is C12H7N2. The maximum Gasteiger partial charge on any atom is 0.0874 e. The Hall–Kier alpha value is -1.96. The van der Waals surface area contributed by atoms with Crippen LogP contribution in [0.25, 0.3) is 10.8 Å². The van der Waals surface area contributed by atoms with Gasteiger partial charge in [0.25, 0.3) is 0 Å². The summed E-state index contributed by atoms with van der Waals surface area (Å²) in [6.45, 7) is 0. The van der Waals surface area contributed by atoms with Crippen LogP contribution in [0.2, 0.25) is 0 Å². The van der Waals surface area contributed by atoms with Crippen molar-refractivity contribution >= 4 is 22.2 Å². The summed E-state index contributed by atoms with van der Waals surface area (Å²) in [5, 5.41) is 17.7. The maximum atomic E-state index is 7.79. The second kappa shape index (κ2) is 2.29. The monoisotopic (exact) mass is 179 g/mol. The SMILES string of the molecule is N=C1C(=N)c2cccc3c[c]cc1c23. The predicted octanol–water partition coefficient (Wildman–Crippen LogP) is 2.39. The molecule has 2 heteroatoms. The van der Waals surface area contributed by atoms with Gasteiger partial charge in [0.15, 0.2) is 0 Å². The molecular weight excluding hydrogens is 172 g/mol. The highest BCUT2D eigenvalue weighted by molar-refractivity contribution is 6.59. The second-order valence-electron chi connectivity index (χ2n) is 3.39. The van der Waals surface area contributed by atoms with Crippen molar-refractivity contribution in [3.05, 3.63) is 47.5 Å². The first-order chi connectivity index (χ1) is 6.79. The van der Waals surface area contributed by atoms with Crippen LogP contribution >= 0.6 is 0 Å². The fourth-order valence-corrected chi connectivity index (χ4v) is 1.95. The van der Waals surface area contributed by atoms with Crippen LogP contribution in [0.4, 0.5) is 0 Å². The van der Waals surface area contributed by atoms with Crippen molar-refractivity contribution in [3.8, 4) is 0 Å². The molecule has 0 aliphatic heterocycles. The molecule has 2 nitrogen and oxygen atoms in total. The average molecular weight is 179 g/mol. The van der Waals surface area contributed by atoms with Crippen LogP contribution < -0.4 is 0 Å². The Morgan fingerprint density at radius 2 is 1.71 bits per heavy atom. The van der Waals surface area contributed by atoms with E-state index in [9.17, 15) is 0 Å². The molecule has 0 saturated carbocycles. The molecule has 0 aromatic heterocycles. The lowest BCUT2D eigenvalue weighted by molar-refractivity contribution is 1.49. The van der Waals surface area contributed by atoms with E-state index in [2.05, 4.69) is 6.07 Å². The van der Waals surface area contributed by atoms with Gasteiger partial charge in [-0.1, -0.05) is 18.2 Å². The topological polar surface area (TPSA) is 47.7 Å². The van der Waals surface area contributed by atoms with Crippen LogP contribution in [-0.4, -0.2) is 11.4 Å². The first-order valence-electron chi connectivity index (χ1n) is 4.40. The summed E-state index contributed by atoms with van der Waals surface area (Å²) in [5.74, 6) is 0. The van der Waals surface area contributed by atoms with Crippen LogP contribution in [0.5, 0.6) is 0 Å². The molecule has 3 rings (SSSR count). The predicted molar refractivity (Wildman–Crippen MR) is 56.4 cm³/mol. The van der Waals surface area contributed by atoms with E-state index < -0.39 is 0 Å². The van der Waals surface area contributed by atoms with Crippen LogP contribution in [0.1, 0.15) is 11.1 Å². The lowest BCUT2D eigenvalue weighted by atomic mass is 10.1. The highest BCUT2D eigenvalue weighted by Crippen LogP contribution is 2.29. The highest BCUT2D eigenvalue weighted by Gasteiger charge is 2.23. The first-order valence-corrected chi connectivity index (χ1v) is 4.40. The van der Waals surface area contributed by atoms with Gasteiger partial charge >= 0.3 is 0 Å². The van der Waals surface area contributed by atoms with Crippen LogP contribution in [0, 0.1) is 16.9 Å². The summed E-state index contributed by atoms with van der Waals surface area (Å²) in [6, 6.07) is 12.5. The molecule has 1 aliphatic rings. The molecule has 0 bridgehead atoms. The molecule has 0 amide bonds. The lowest BCUT2D eigenvalue weighted by Gasteiger charge is -1.97. The van der Waals surface area contributed by atoms with Crippen molar-refractivity contribution in [2.75, 3.05) is 0 Å². The summed E-state index contributed by atoms with van der Waals surface area (Å²) >= 11 is 0. The van der Waals surface area contributed by atoms with Gasteiger partial charge in [-0.15, -0.1) is 0 Å². The number of hydrogen-bond donors (Lipinski definition) is 2. The van der Waals surface area contributed by atoms with Gasteiger partial charge in [0.2, 0.25) is 0 Å². The third-order valence-corrected chi connectivity index (χ3v) is 2.62. The summed E-state index contributed by atoms with van der Waals surface area (Å²) in [4.78, 5) is 0. The largest absolute Gasteiger partial charge is 0.298 e. The Morgan fingerprint density at radius 3 is 2.57 bits per heavy atom. The number of rotatable bonds is 0. The van der Waals surface area contributed by atoms with E-state index in [1.165, 1.54) is 0 Å². The van der Waals surface area contributed by atoms with Gasteiger partial charge < -0.3 is 0 Å². The Balaban J connectivity index is 2.62. The summed E-state index contributed by atoms with van der Waals surface area (Å²) in [5.41, 5.74) is 2.35. The normalized spacial score (nSPS) is 14.0. The molecule has 1 aliphatic carbocycles. The van der Waals surface area contributed by atoms with Crippen molar-refractivity contribution < 1.29 is 0 Å². The van der Waals surface area contributed by atoms with Crippen molar-refractivity contribution in [3.63, 3.8) is 0 Å². The number of hydrogen-bond acceptors (Lipinski definition) is 2. The molecule has 14 heavy (non-hydrogen) atoms. The minimum Gasteiger partial charge on any atom is -0.298 e. The minimum atomic E-state index is 0.313. The average Bonchev–Trinajstić information content (AvgIpc) is 2.47. The zero-order valence-corrected chi connectivity index (χ0v) is 7.39. The molecule has 0 atom stereocenters. The van der Waals surface area contributed by atoms with Gasteiger partial charge in [-0.25, -0.2) is 0 Å². The molecule has 2 aromatic carbocycles. The zero-order chi connectivity index (χ0) is 9.71. The van der Waals surface area contributed by atoms with Crippen molar-refractivity contribution in [2.24, 2.45) is 0 Å². The van der Waals surface area contributed by atoms with E-state index in [-0.39, 0.29) is 0 Å². The van der Waals surface area contributed by atoms with E-state index in [4.69, 9.17) is 10.8 Å². The standard InChI is InChI=1S/C12H7N2/c13-11-8-5-1-3-7-4-2-6-9(10(7)8)12(11)14/h1,3-6,13-14H. The van der Waals surface area contributed by atoms with Crippen LogP contribution in [-0.2, 0) is 0 Å². The van der Waals surface area contributed by atoms with Gasteiger partial charge in [0.1, 0.15) is 0 Å². The molecule has 0 saturated heterocycles. The number of nitrogens with one attached hydrogen (secondary N) is 2. The molecule has 2 N–H and O–H groups in total. The summed E-state index contributed by atoms with van der Waals surface area (Å²) < 4.78 is 0. The smallest absolute Gasteiger partial charge is 0.0874 e. The van der Waals surface area contributed by atoms with E-state index >= 15 is 0 Å². The minimum absolute atomic E-state index is 0.313. The third kappa shape index (κ3) is 0.708. The van der Waals surface area contributed by atoms with E-state index in [0.29, 0.717) is 11.4 Å². The fourth-order valence-electron chi connectivity index (χ4n) is 1.95. The van der Waals surface area contributed by atoms with Crippen LogP contribution in [0.3, 0.4) is 0 Å². The second-order valence-corrected chi connectivity index (χ2v) is 3.39. The van der Waals surface area contributed by atoms with Gasteiger partial charge in [-0.3, -0.25) is 10.8 Å². The first kappa shape index (κ1) is 7.44. The molecule has 0 spiro atoms. The molecule has 1 radical (unpaired) electrons. The summed E-state index contributed by atoms with van der Waals surface area (Å²) in [7, 11) is 0. The van der Waals surface area contributed by atoms with E-state index in [0.717, 1.165) is 21.9 Å². The van der Waals surface area contributed by atoms with Gasteiger partial charge in [0, 0.05) is 16.5 Å². The molecule has 0 fully saturated rings. The third-order valence-electron chi connectivity index (χ3n) is 2.62. The van der Waals surface area contributed by atoms with Gasteiger partial charge in [-0.2, -0.15) is 0 Å². The molecule has 0 unspecified atom stereocenters. The molecule has 2 aromatic rings. The van der Waals surface area contributed by atoms with Crippen molar-refractivity contribution in [1.29, 1.82) is 10.8 Å². The molecule has 65 valence electrons. The lowest BCUT2D eigenvalue weighted by Crippen LogP contribution is -2.06. The van der Waals surface area contributed by atoms with Crippen molar-refractivity contribution in [2.45, 2.75) is 0 Å². The number of benzene rings is 2.